The van der Waals surface area contributed by atoms with Crippen LogP contribution in [0.1, 0.15) is 19.8 Å². The van der Waals surface area contributed by atoms with Crippen LogP contribution in [0.15, 0.2) is 24.3 Å². The summed E-state index contributed by atoms with van der Waals surface area (Å²) in [4.78, 5) is 22.4. The Balaban J connectivity index is 0.00000144. The van der Waals surface area contributed by atoms with E-state index in [4.69, 9.17) is 0 Å². The molecule has 1 aliphatic rings. The number of carbonyl (C=O) groups is 2. The maximum atomic E-state index is 11.5. The lowest BCUT2D eigenvalue weighted by atomic mass is 10.2. The zero-order valence-corrected chi connectivity index (χ0v) is 9.62. The van der Waals surface area contributed by atoms with E-state index in [9.17, 15) is 9.59 Å². The molecule has 1 saturated carbocycles. The van der Waals surface area contributed by atoms with Crippen molar-refractivity contribution >= 4 is 23.2 Å². The van der Waals surface area contributed by atoms with Gasteiger partial charge < -0.3 is 16.1 Å². The van der Waals surface area contributed by atoms with Gasteiger partial charge in [-0.1, -0.05) is 6.07 Å². The third-order valence-electron chi connectivity index (χ3n) is 2.40. The largest absolute Gasteiger partial charge is 0.412 e. The van der Waals surface area contributed by atoms with Gasteiger partial charge in [0.1, 0.15) is 0 Å². The van der Waals surface area contributed by atoms with Crippen molar-refractivity contribution in [3.8, 4) is 0 Å². The molecule has 2 amide bonds. The minimum atomic E-state index is -0.120. The average Bonchev–Trinajstić information content (AvgIpc) is 2.99. The average molecular weight is 236 g/mol. The molecule has 5 nitrogen and oxygen atoms in total. The predicted molar refractivity (Wildman–Crippen MR) is 65.7 cm³/mol. The Labute approximate surface area is 99.5 Å². The van der Waals surface area contributed by atoms with E-state index in [1.54, 1.807) is 18.2 Å². The van der Waals surface area contributed by atoms with Crippen LogP contribution in [0, 0.1) is 5.92 Å². The maximum absolute atomic E-state index is 11.5. The van der Waals surface area contributed by atoms with Gasteiger partial charge in [0.25, 0.3) is 0 Å². The Morgan fingerprint density at radius 1 is 1.18 bits per heavy atom. The fourth-order valence-electron chi connectivity index (χ4n) is 1.47. The summed E-state index contributed by atoms with van der Waals surface area (Å²) in [6.45, 7) is 1.45. The Morgan fingerprint density at radius 2 is 1.76 bits per heavy atom. The van der Waals surface area contributed by atoms with Gasteiger partial charge in [0.2, 0.25) is 11.8 Å². The van der Waals surface area contributed by atoms with Crippen molar-refractivity contribution in [2.75, 3.05) is 10.6 Å². The van der Waals surface area contributed by atoms with Crippen LogP contribution in [0.25, 0.3) is 0 Å². The Morgan fingerprint density at radius 3 is 2.29 bits per heavy atom. The highest BCUT2D eigenvalue weighted by Gasteiger charge is 2.29. The Kier molecular flexibility index (Phi) is 4.23. The van der Waals surface area contributed by atoms with Crippen LogP contribution >= 0.6 is 0 Å². The van der Waals surface area contributed by atoms with E-state index in [-0.39, 0.29) is 23.2 Å². The van der Waals surface area contributed by atoms with Crippen LogP contribution in [-0.2, 0) is 9.59 Å². The molecule has 1 aromatic carbocycles. The maximum Gasteiger partial charge on any atom is 0.227 e. The molecule has 1 aromatic rings. The van der Waals surface area contributed by atoms with Crippen molar-refractivity contribution in [1.82, 2.24) is 0 Å². The second kappa shape index (κ2) is 5.45. The fourth-order valence-corrected chi connectivity index (χ4v) is 1.47. The molecule has 0 heterocycles. The van der Waals surface area contributed by atoms with Crippen LogP contribution < -0.4 is 10.6 Å². The molecule has 0 spiro atoms. The molecule has 1 fully saturated rings. The van der Waals surface area contributed by atoms with Crippen LogP contribution in [0.4, 0.5) is 11.4 Å². The summed E-state index contributed by atoms with van der Waals surface area (Å²) >= 11 is 0. The van der Waals surface area contributed by atoms with Gasteiger partial charge in [-0.3, -0.25) is 9.59 Å². The quantitative estimate of drug-likeness (QED) is 0.824. The first-order chi connectivity index (χ1) is 7.65. The van der Waals surface area contributed by atoms with E-state index in [0.29, 0.717) is 5.69 Å². The van der Waals surface area contributed by atoms with E-state index >= 15 is 0 Å². The van der Waals surface area contributed by atoms with Gasteiger partial charge in [0.15, 0.2) is 0 Å². The van der Waals surface area contributed by atoms with Gasteiger partial charge in [-0.05, 0) is 31.0 Å². The summed E-state index contributed by atoms with van der Waals surface area (Å²) in [5.74, 6) is 0.134. The molecule has 0 radical (unpaired) electrons. The molecule has 0 bridgehead atoms. The van der Waals surface area contributed by atoms with Crippen molar-refractivity contribution in [3.05, 3.63) is 24.3 Å². The van der Waals surface area contributed by atoms with Gasteiger partial charge >= 0.3 is 0 Å². The first-order valence-corrected chi connectivity index (χ1v) is 5.33. The van der Waals surface area contributed by atoms with Crippen molar-refractivity contribution in [2.45, 2.75) is 19.8 Å². The first kappa shape index (κ1) is 13.2. The minimum absolute atomic E-state index is 0. The number of amides is 2. The van der Waals surface area contributed by atoms with E-state index in [2.05, 4.69) is 10.6 Å². The molecular formula is C12H16N2O3. The molecule has 4 N–H and O–H groups in total. The van der Waals surface area contributed by atoms with Crippen molar-refractivity contribution in [1.29, 1.82) is 0 Å². The van der Waals surface area contributed by atoms with E-state index < -0.39 is 0 Å². The van der Waals surface area contributed by atoms with Crippen LogP contribution in [0.2, 0.25) is 0 Å². The number of carbonyl (C=O) groups excluding carboxylic acids is 2. The highest BCUT2D eigenvalue weighted by Crippen LogP contribution is 2.30. The van der Waals surface area contributed by atoms with Gasteiger partial charge in [0.05, 0.1) is 0 Å². The number of nitrogens with one attached hydrogen (secondary N) is 2. The molecule has 92 valence electrons. The summed E-state index contributed by atoms with van der Waals surface area (Å²) < 4.78 is 0. The zero-order chi connectivity index (χ0) is 11.5. The standard InChI is InChI=1S/C12H14N2O2.H2O/c1-8(15)13-10-3-2-4-11(7-10)14-12(16)9-5-6-9;/h2-4,7,9H,5-6H2,1H3,(H,13,15)(H,14,16);1H2. The molecule has 0 unspecified atom stereocenters. The lowest BCUT2D eigenvalue weighted by Gasteiger charge is -2.07. The molecule has 0 saturated heterocycles. The molecule has 0 atom stereocenters. The smallest absolute Gasteiger partial charge is 0.227 e. The SMILES string of the molecule is CC(=O)Nc1cccc(NC(=O)C2CC2)c1.O. The van der Waals surface area contributed by atoms with E-state index in [1.165, 1.54) is 6.92 Å². The van der Waals surface area contributed by atoms with Gasteiger partial charge in [-0.25, -0.2) is 0 Å². The number of benzene rings is 1. The molecular weight excluding hydrogens is 220 g/mol. The first-order valence-electron chi connectivity index (χ1n) is 5.33. The number of rotatable bonds is 3. The second-order valence-electron chi connectivity index (χ2n) is 4.03. The van der Waals surface area contributed by atoms with Gasteiger partial charge in [-0.2, -0.15) is 0 Å². The van der Waals surface area contributed by atoms with Crippen LogP contribution in [0.5, 0.6) is 0 Å². The molecule has 1 aliphatic carbocycles. The van der Waals surface area contributed by atoms with E-state index in [0.717, 1.165) is 18.5 Å². The van der Waals surface area contributed by atoms with Crippen LogP contribution in [0.3, 0.4) is 0 Å². The van der Waals surface area contributed by atoms with Crippen LogP contribution in [-0.4, -0.2) is 17.3 Å². The minimum Gasteiger partial charge on any atom is -0.412 e. The number of hydrogen-bond acceptors (Lipinski definition) is 2. The number of hydrogen-bond donors (Lipinski definition) is 2. The summed E-state index contributed by atoms with van der Waals surface area (Å²) in [6, 6.07) is 7.15. The Hall–Kier alpha value is -1.88. The third-order valence-corrected chi connectivity index (χ3v) is 2.40. The number of anilines is 2. The molecule has 2 rings (SSSR count). The summed E-state index contributed by atoms with van der Waals surface area (Å²) in [5, 5.41) is 5.50. The summed E-state index contributed by atoms with van der Waals surface area (Å²) in [7, 11) is 0. The van der Waals surface area contributed by atoms with Gasteiger partial charge in [-0.15, -0.1) is 0 Å². The van der Waals surface area contributed by atoms with Crippen molar-refractivity contribution < 1.29 is 15.1 Å². The fraction of sp³-hybridized carbons (Fsp3) is 0.333. The summed E-state index contributed by atoms with van der Waals surface area (Å²) in [5.41, 5.74) is 1.42. The normalized spacial score (nSPS) is 13.5. The molecule has 0 aromatic heterocycles. The molecule has 17 heavy (non-hydrogen) atoms. The highest BCUT2D eigenvalue weighted by atomic mass is 16.2. The van der Waals surface area contributed by atoms with E-state index in [1.807, 2.05) is 6.07 Å². The molecule has 5 heteroatoms. The predicted octanol–water partition coefficient (Wildman–Crippen LogP) is 1.17. The topological polar surface area (TPSA) is 89.7 Å². The van der Waals surface area contributed by atoms with Gasteiger partial charge in [0, 0.05) is 24.2 Å². The zero-order valence-electron chi connectivity index (χ0n) is 9.62. The third kappa shape index (κ3) is 3.88. The summed E-state index contributed by atoms with van der Waals surface area (Å²) in [6.07, 6.45) is 1.97. The Bertz CT molecular complexity index is 428. The highest BCUT2D eigenvalue weighted by molar-refractivity contribution is 5.95. The van der Waals surface area contributed by atoms with Crippen molar-refractivity contribution in [3.63, 3.8) is 0 Å². The second-order valence-corrected chi connectivity index (χ2v) is 4.03. The van der Waals surface area contributed by atoms with Crippen molar-refractivity contribution in [2.24, 2.45) is 5.92 Å². The monoisotopic (exact) mass is 236 g/mol. The lowest BCUT2D eigenvalue weighted by molar-refractivity contribution is -0.117. The lowest BCUT2D eigenvalue weighted by Crippen LogP contribution is -2.13. The molecule has 0 aliphatic heterocycles.